The van der Waals surface area contributed by atoms with E-state index in [4.69, 9.17) is 12.2 Å². The van der Waals surface area contributed by atoms with Gasteiger partial charge in [0.1, 0.15) is 0 Å². The van der Waals surface area contributed by atoms with Crippen LogP contribution in [0.3, 0.4) is 0 Å². The van der Waals surface area contributed by atoms with Gasteiger partial charge in [0.05, 0.1) is 0 Å². The second-order valence-electron chi connectivity index (χ2n) is 4.46. The van der Waals surface area contributed by atoms with Gasteiger partial charge in [-0.3, -0.25) is 0 Å². The van der Waals surface area contributed by atoms with Gasteiger partial charge in [0.15, 0.2) is 5.11 Å². The molecule has 0 amide bonds. The standard InChI is InChI=1S/C16H19N2S/c19-16(18-15-11-5-2-6-12-15)17-13-7-10-14-8-3-1-4-9-14/h1-5,8-9,11-12H,6-7,10,13H2,(H2,17,18,19). The number of nitrogens with one attached hydrogen (secondary N) is 2. The highest BCUT2D eigenvalue weighted by Crippen LogP contribution is 2.05. The third kappa shape index (κ3) is 5.26. The summed E-state index contributed by atoms with van der Waals surface area (Å²) in [6.07, 6.45) is 11.4. The highest BCUT2D eigenvalue weighted by Gasteiger charge is 2.00. The van der Waals surface area contributed by atoms with Crippen molar-refractivity contribution in [2.45, 2.75) is 19.3 Å². The maximum Gasteiger partial charge on any atom is 0.170 e. The molecule has 1 aromatic rings. The van der Waals surface area contributed by atoms with Crippen LogP contribution in [0, 0.1) is 6.42 Å². The van der Waals surface area contributed by atoms with E-state index in [9.17, 15) is 0 Å². The molecule has 0 fully saturated rings. The molecule has 0 aromatic heterocycles. The molecule has 99 valence electrons. The van der Waals surface area contributed by atoms with Crippen molar-refractivity contribution in [2.75, 3.05) is 6.54 Å². The van der Waals surface area contributed by atoms with Crippen LogP contribution in [-0.2, 0) is 6.42 Å². The van der Waals surface area contributed by atoms with Crippen molar-refractivity contribution in [2.24, 2.45) is 0 Å². The predicted molar refractivity (Wildman–Crippen MR) is 84.6 cm³/mol. The molecule has 0 saturated carbocycles. The van der Waals surface area contributed by atoms with E-state index in [0.29, 0.717) is 5.11 Å². The van der Waals surface area contributed by atoms with Crippen LogP contribution in [-0.4, -0.2) is 11.7 Å². The van der Waals surface area contributed by atoms with Crippen LogP contribution >= 0.6 is 12.2 Å². The van der Waals surface area contributed by atoms with Crippen LogP contribution < -0.4 is 10.6 Å². The SMILES string of the molecule is S=C(NCCCc1ccccc1)NC1=CC[CH]C=C1. The van der Waals surface area contributed by atoms with E-state index in [1.165, 1.54) is 5.56 Å². The zero-order valence-corrected chi connectivity index (χ0v) is 11.7. The Morgan fingerprint density at radius 3 is 2.79 bits per heavy atom. The average Bonchev–Trinajstić information content (AvgIpc) is 2.46. The molecule has 1 aliphatic carbocycles. The van der Waals surface area contributed by atoms with Crippen LogP contribution in [0.1, 0.15) is 18.4 Å². The van der Waals surface area contributed by atoms with E-state index >= 15 is 0 Å². The maximum atomic E-state index is 5.26. The number of allylic oxidation sites excluding steroid dienone is 3. The van der Waals surface area contributed by atoms with E-state index in [1.54, 1.807) is 0 Å². The smallest absolute Gasteiger partial charge is 0.170 e. The fraction of sp³-hybridized carbons (Fsp3) is 0.250. The van der Waals surface area contributed by atoms with Crippen molar-refractivity contribution >= 4 is 17.3 Å². The molecule has 2 nitrogen and oxygen atoms in total. The third-order valence-corrected chi connectivity index (χ3v) is 3.16. The van der Waals surface area contributed by atoms with E-state index in [2.05, 4.69) is 47.4 Å². The first-order chi connectivity index (χ1) is 9.34. The zero-order chi connectivity index (χ0) is 13.3. The first-order valence-electron chi connectivity index (χ1n) is 6.63. The van der Waals surface area contributed by atoms with Crippen LogP contribution in [0.4, 0.5) is 0 Å². The summed E-state index contributed by atoms with van der Waals surface area (Å²) in [7, 11) is 0. The lowest BCUT2D eigenvalue weighted by Crippen LogP contribution is -2.35. The van der Waals surface area contributed by atoms with Gasteiger partial charge in [-0.15, -0.1) is 0 Å². The number of hydrogen-bond acceptors (Lipinski definition) is 1. The summed E-state index contributed by atoms with van der Waals surface area (Å²) >= 11 is 5.26. The van der Waals surface area contributed by atoms with Gasteiger partial charge in [0.25, 0.3) is 0 Å². The zero-order valence-electron chi connectivity index (χ0n) is 10.9. The molecule has 1 aromatic carbocycles. The van der Waals surface area contributed by atoms with Crippen molar-refractivity contribution in [3.05, 3.63) is 66.2 Å². The summed E-state index contributed by atoms with van der Waals surface area (Å²) in [4.78, 5) is 0. The minimum absolute atomic E-state index is 0.700. The normalized spacial score (nSPS) is 13.8. The molecular formula is C16H19N2S. The fourth-order valence-electron chi connectivity index (χ4n) is 1.92. The highest BCUT2D eigenvalue weighted by molar-refractivity contribution is 7.80. The summed E-state index contributed by atoms with van der Waals surface area (Å²) < 4.78 is 0. The van der Waals surface area contributed by atoms with Gasteiger partial charge in [-0.2, -0.15) is 0 Å². The van der Waals surface area contributed by atoms with Gasteiger partial charge in [-0.1, -0.05) is 42.5 Å². The van der Waals surface area contributed by atoms with Crippen molar-refractivity contribution in [1.29, 1.82) is 0 Å². The Labute approximate surface area is 120 Å². The molecule has 0 saturated heterocycles. The Morgan fingerprint density at radius 2 is 2.05 bits per heavy atom. The van der Waals surface area contributed by atoms with E-state index in [1.807, 2.05) is 18.2 Å². The molecule has 0 unspecified atom stereocenters. The third-order valence-electron chi connectivity index (χ3n) is 2.91. The summed E-state index contributed by atoms with van der Waals surface area (Å²) in [5.41, 5.74) is 2.44. The van der Waals surface area contributed by atoms with Crippen molar-refractivity contribution in [3.8, 4) is 0 Å². The van der Waals surface area contributed by atoms with Crippen molar-refractivity contribution < 1.29 is 0 Å². The lowest BCUT2D eigenvalue weighted by molar-refractivity contribution is 0.767. The van der Waals surface area contributed by atoms with Crippen molar-refractivity contribution in [1.82, 2.24) is 10.6 Å². The molecule has 0 spiro atoms. The van der Waals surface area contributed by atoms with Crippen LogP contribution in [0.25, 0.3) is 0 Å². The van der Waals surface area contributed by atoms with E-state index in [-0.39, 0.29) is 0 Å². The quantitative estimate of drug-likeness (QED) is 0.635. The van der Waals surface area contributed by atoms with Gasteiger partial charge in [0.2, 0.25) is 0 Å². The van der Waals surface area contributed by atoms with Gasteiger partial charge in [-0.05, 0) is 49.5 Å². The van der Waals surface area contributed by atoms with Crippen molar-refractivity contribution in [3.63, 3.8) is 0 Å². The Hall–Kier alpha value is -1.61. The lowest BCUT2D eigenvalue weighted by Gasteiger charge is -2.12. The number of aryl methyl sites for hydroxylation is 1. The number of rotatable bonds is 5. The Balaban J connectivity index is 1.61. The molecule has 2 rings (SSSR count). The maximum absolute atomic E-state index is 5.26. The topological polar surface area (TPSA) is 24.1 Å². The largest absolute Gasteiger partial charge is 0.362 e. The number of benzene rings is 1. The molecule has 0 aliphatic heterocycles. The average molecular weight is 271 g/mol. The van der Waals surface area contributed by atoms with Crippen LogP contribution in [0.2, 0.25) is 0 Å². The molecule has 1 radical (unpaired) electrons. The predicted octanol–water partition coefficient (Wildman–Crippen LogP) is 3.13. The molecule has 0 bridgehead atoms. The number of hydrogen-bond donors (Lipinski definition) is 2. The molecule has 19 heavy (non-hydrogen) atoms. The molecule has 0 atom stereocenters. The Morgan fingerprint density at radius 1 is 1.21 bits per heavy atom. The minimum atomic E-state index is 0.700. The van der Waals surface area contributed by atoms with Gasteiger partial charge >= 0.3 is 0 Å². The minimum Gasteiger partial charge on any atom is -0.362 e. The first kappa shape index (κ1) is 13.8. The lowest BCUT2D eigenvalue weighted by atomic mass is 10.1. The van der Waals surface area contributed by atoms with Gasteiger partial charge < -0.3 is 10.6 Å². The first-order valence-corrected chi connectivity index (χ1v) is 7.04. The monoisotopic (exact) mass is 271 g/mol. The fourth-order valence-corrected chi connectivity index (χ4v) is 2.14. The van der Waals surface area contributed by atoms with Gasteiger partial charge in [-0.25, -0.2) is 0 Å². The van der Waals surface area contributed by atoms with E-state index in [0.717, 1.165) is 31.5 Å². The summed E-state index contributed by atoms with van der Waals surface area (Å²) in [5.74, 6) is 0. The summed E-state index contributed by atoms with van der Waals surface area (Å²) in [6, 6.07) is 10.5. The van der Waals surface area contributed by atoms with Crippen LogP contribution in [0.5, 0.6) is 0 Å². The highest BCUT2D eigenvalue weighted by atomic mass is 32.1. The molecule has 0 heterocycles. The second-order valence-corrected chi connectivity index (χ2v) is 4.87. The molecule has 2 N–H and O–H groups in total. The van der Waals surface area contributed by atoms with E-state index < -0.39 is 0 Å². The Bertz CT molecular complexity index is 463. The summed E-state index contributed by atoms with van der Waals surface area (Å²) in [6.45, 7) is 0.893. The van der Waals surface area contributed by atoms with Gasteiger partial charge in [0, 0.05) is 12.2 Å². The Kier molecular flexibility index (Phi) is 5.63. The van der Waals surface area contributed by atoms with Crippen LogP contribution in [0.15, 0.2) is 54.3 Å². The molecular weight excluding hydrogens is 252 g/mol. The molecule has 1 aliphatic rings. The summed E-state index contributed by atoms with van der Waals surface area (Å²) in [5, 5.41) is 7.13. The molecule has 3 heteroatoms. The second kappa shape index (κ2) is 7.74. The number of thiocarbonyl (C=S) groups is 1.